The largest absolute Gasteiger partial charge is 0.416 e. The van der Waals surface area contributed by atoms with E-state index in [4.69, 9.17) is 0 Å². The molecule has 5 nitrogen and oxygen atoms in total. The molecule has 0 aromatic heterocycles. The van der Waals surface area contributed by atoms with E-state index in [1.807, 2.05) is 0 Å². The van der Waals surface area contributed by atoms with Crippen LogP contribution in [0.2, 0.25) is 0 Å². The third-order valence-corrected chi connectivity index (χ3v) is 9.13. The van der Waals surface area contributed by atoms with Crippen LogP contribution in [0.4, 0.5) is 17.6 Å². The van der Waals surface area contributed by atoms with Crippen LogP contribution in [-0.2, 0) is 31.8 Å². The fraction of sp³-hybridized carbons (Fsp3) is 0.368. The molecule has 0 radical (unpaired) electrons. The van der Waals surface area contributed by atoms with Crippen molar-refractivity contribution in [1.82, 2.24) is 4.31 Å². The maximum Gasteiger partial charge on any atom is 0.416 e. The zero-order chi connectivity index (χ0) is 22.2. The molecule has 3 rings (SSSR count). The highest BCUT2D eigenvalue weighted by Gasteiger charge is 2.35. The molecule has 0 atom stereocenters. The summed E-state index contributed by atoms with van der Waals surface area (Å²) in [5, 5.41) is -0.791. The molecule has 0 N–H and O–H groups in total. The minimum absolute atomic E-state index is 0.0186. The molecule has 11 heteroatoms. The minimum atomic E-state index is -4.50. The predicted molar refractivity (Wildman–Crippen MR) is 102 cm³/mol. The van der Waals surface area contributed by atoms with Gasteiger partial charge in [0.05, 0.1) is 21.5 Å². The standard InChI is InChI=1S/C19H19F4NO4S2/c20-16-5-7-17(8-6-16)30(27,28)18-9-11-24(12-10-18)29(25,26)13-14-1-3-15(4-2-14)19(21,22)23/h1-8,18H,9-13H2. The molecule has 0 saturated carbocycles. The van der Waals surface area contributed by atoms with Crippen LogP contribution in [-0.4, -0.2) is 39.5 Å². The van der Waals surface area contributed by atoms with Crippen LogP contribution in [0.15, 0.2) is 53.4 Å². The normalized spacial score (nSPS) is 17.2. The first kappa shape index (κ1) is 22.7. The Hall–Kier alpha value is -1.98. The molecule has 0 bridgehead atoms. The average Bonchev–Trinajstić information content (AvgIpc) is 2.68. The lowest BCUT2D eigenvalue weighted by Gasteiger charge is -2.31. The van der Waals surface area contributed by atoms with Gasteiger partial charge < -0.3 is 0 Å². The van der Waals surface area contributed by atoms with Gasteiger partial charge in [-0.2, -0.15) is 13.2 Å². The Morgan fingerprint density at radius 1 is 0.867 bits per heavy atom. The van der Waals surface area contributed by atoms with Crippen molar-refractivity contribution in [1.29, 1.82) is 0 Å². The molecular weight excluding hydrogens is 446 g/mol. The second-order valence-corrected chi connectivity index (χ2v) is 11.2. The zero-order valence-electron chi connectivity index (χ0n) is 15.6. The van der Waals surface area contributed by atoms with Gasteiger partial charge >= 0.3 is 6.18 Å². The number of nitrogens with zero attached hydrogens (tertiary/aromatic N) is 1. The summed E-state index contributed by atoms with van der Waals surface area (Å²) in [5.41, 5.74) is -0.653. The van der Waals surface area contributed by atoms with Crippen LogP contribution in [0.3, 0.4) is 0 Å². The van der Waals surface area contributed by atoms with E-state index < -0.39 is 48.4 Å². The van der Waals surface area contributed by atoms with Crippen molar-refractivity contribution in [2.24, 2.45) is 0 Å². The maximum atomic E-state index is 13.0. The summed E-state index contributed by atoms with van der Waals surface area (Å²) < 4.78 is 103. The van der Waals surface area contributed by atoms with Gasteiger partial charge in [-0.1, -0.05) is 12.1 Å². The number of alkyl halides is 3. The first-order chi connectivity index (χ1) is 13.9. The van der Waals surface area contributed by atoms with Gasteiger partial charge in [0.15, 0.2) is 9.84 Å². The van der Waals surface area contributed by atoms with Crippen molar-refractivity contribution in [2.75, 3.05) is 13.1 Å². The quantitative estimate of drug-likeness (QED) is 0.500. The molecule has 1 aliphatic rings. The van der Waals surface area contributed by atoms with E-state index >= 15 is 0 Å². The highest BCUT2D eigenvalue weighted by molar-refractivity contribution is 7.92. The second kappa shape index (κ2) is 8.27. The molecule has 1 heterocycles. The molecule has 0 spiro atoms. The first-order valence-electron chi connectivity index (χ1n) is 9.03. The van der Waals surface area contributed by atoms with Crippen LogP contribution < -0.4 is 0 Å². The van der Waals surface area contributed by atoms with Crippen molar-refractivity contribution in [3.8, 4) is 0 Å². The van der Waals surface area contributed by atoms with Gasteiger partial charge in [-0.15, -0.1) is 0 Å². The molecular formula is C19H19F4NO4S2. The van der Waals surface area contributed by atoms with E-state index in [2.05, 4.69) is 0 Å². The molecule has 0 unspecified atom stereocenters. The third kappa shape index (κ3) is 5.01. The monoisotopic (exact) mass is 465 g/mol. The highest BCUT2D eigenvalue weighted by Crippen LogP contribution is 2.30. The van der Waals surface area contributed by atoms with Crippen molar-refractivity contribution in [2.45, 2.75) is 34.9 Å². The summed E-state index contributed by atoms with van der Waals surface area (Å²) >= 11 is 0. The third-order valence-electron chi connectivity index (χ3n) is 5.01. The van der Waals surface area contributed by atoms with Crippen molar-refractivity contribution in [3.63, 3.8) is 0 Å². The van der Waals surface area contributed by atoms with Crippen LogP contribution >= 0.6 is 0 Å². The Morgan fingerprint density at radius 2 is 1.40 bits per heavy atom. The van der Waals surface area contributed by atoms with Crippen LogP contribution in [0.5, 0.6) is 0 Å². The Bertz CT molecular complexity index is 1090. The molecule has 0 amide bonds. The van der Waals surface area contributed by atoms with Gasteiger partial charge in [0.1, 0.15) is 5.82 Å². The predicted octanol–water partition coefficient (Wildman–Crippen LogP) is 3.61. The topological polar surface area (TPSA) is 71.5 Å². The van der Waals surface area contributed by atoms with Gasteiger partial charge in [0, 0.05) is 13.1 Å². The first-order valence-corrected chi connectivity index (χ1v) is 12.2. The molecule has 2 aromatic rings. The highest BCUT2D eigenvalue weighted by atomic mass is 32.2. The van der Waals surface area contributed by atoms with Crippen LogP contribution in [0.1, 0.15) is 24.0 Å². The fourth-order valence-corrected chi connectivity index (χ4v) is 6.62. The van der Waals surface area contributed by atoms with Crippen LogP contribution in [0.25, 0.3) is 0 Å². The number of sulfone groups is 1. The Morgan fingerprint density at radius 3 is 1.90 bits per heavy atom. The SMILES string of the molecule is O=S(=O)(c1ccc(F)cc1)C1CCN(S(=O)(=O)Cc2ccc(C(F)(F)F)cc2)CC1. The van der Waals surface area contributed by atoms with E-state index in [1.54, 1.807) is 0 Å². The average molecular weight is 465 g/mol. The smallest absolute Gasteiger partial charge is 0.223 e. The zero-order valence-corrected chi connectivity index (χ0v) is 17.3. The van der Waals surface area contributed by atoms with Gasteiger partial charge in [0.25, 0.3) is 0 Å². The van der Waals surface area contributed by atoms with E-state index in [9.17, 15) is 34.4 Å². The summed E-state index contributed by atoms with van der Waals surface area (Å²) in [6.45, 7) is -0.0396. The van der Waals surface area contributed by atoms with Crippen molar-refractivity contribution >= 4 is 19.9 Å². The molecule has 0 aliphatic carbocycles. The lowest BCUT2D eigenvalue weighted by atomic mass is 10.1. The summed E-state index contributed by atoms with van der Waals surface area (Å²) in [5.74, 6) is -1.03. The summed E-state index contributed by atoms with van der Waals surface area (Å²) in [4.78, 5) is -0.0186. The fourth-order valence-electron chi connectivity index (χ4n) is 3.33. The maximum absolute atomic E-state index is 13.0. The van der Waals surface area contributed by atoms with Crippen LogP contribution in [0, 0.1) is 5.82 Å². The number of halogens is 4. The number of hydrogen-bond donors (Lipinski definition) is 0. The Balaban J connectivity index is 1.65. The number of sulfonamides is 1. The molecule has 1 aliphatic heterocycles. The van der Waals surface area contributed by atoms with Crippen molar-refractivity contribution < 1.29 is 34.4 Å². The summed E-state index contributed by atoms with van der Waals surface area (Å²) in [6, 6.07) is 8.35. The summed E-state index contributed by atoms with van der Waals surface area (Å²) in [7, 11) is -7.54. The van der Waals surface area contributed by atoms with Crippen molar-refractivity contribution in [3.05, 3.63) is 65.5 Å². The molecule has 2 aromatic carbocycles. The summed E-state index contributed by atoms with van der Waals surface area (Å²) in [6.07, 6.45) is -4.35. The van der Waals surface area contributed by atoms with E-state index in [-0.39, 0.29) is 36.4 Å². The number of piperidine rings is 1. The molecule has 164 valence electrons. The van der Waals surface area contributed by atoms with Gasteiger partial charge in [0.2, 0.25) is 10.0 Å². The number of rotatable bonds is 5. The Labute approximate surface area is 172 Å². The van der Waals surface area contributed by atoms with Gasteiger partial charge in [-0.3, -0.25) is 0 Å². The molecule has 1 fully saturated rings. The molecule has 30 heavy (non-hydrogen) atoms. The van der Waals surface area contributed by atoms with E-state index in [1.165, 1.54) is 12.1 Å². The second-order valence-electron chi connectivity index (χ2n) is 7.05. The molecule has 1 saturated heterocycles. The lowest BCUT2D eigenvalue weighted by molar-refractivity contribution is -0.137. The minimum Gasteiger partial charge on any atom is -0.223 e. The van der Waals surface area contributed by atoms with Gasteiger partial charge in [-0.05, 0) is 54.8 Å². The number of benzene rings is 2. The number of hydrogen-bond acceptors (Lipinski definition) is 4. The van der Waals surface area contributed by atoms with Gasteiger partial charge in [-0.25, -0.2) is 25.5 Å². The van der Waals surface area contributed by atoms with E-state index in [0.717, 1.165) is 40.7 Å². The van der Waals surface area contributed by atoms with E-state index in [0.29, 0.717) is 0 Å². The Kier molecular flexibility index (Phi) is 6.26. The lowest BCUT2D eigenvalue weighted by Crippen LogP contribution is -2.42.